The number of anilines is 2. The van der Waals surface area contributed by atoms with Crippen LogP contribution in [-0.2, 0) is 9.59 Å². The van der Waals surface area contributed by atoms with Crippen molar-refractivity contribution < 1.29 is 14.0 Å². The number of aromatic nitrogens is 2. The van der Waals surface area contributed by atoms with Crippen molar-refractivity contribution >= 4 is 45.6 Å². The second-order valence-corrected chi connectivity index (χ2v) is 10.4. The largest absolute Gasteiger partial charge is 0.468 e. The topological polar surface area (TPSA) is 162 Å². The fourth-order valence-electron chi connectivity index (χ4n) is 4.35. The first-order valence-electron chi connectivity index (χ1n) is 11.3. The maximum Gasteiger partial charge on any atom is 0.234 e. The highest BCUT2D eigenvalue weighted by Crippen LogP contribution is 2.47. The standard InChI is InChI=1S/C25H19N7O3S2/c26-11-14-6-8-15(9-7-14)29-20(34)13-36-25-31-30-24(37-25)32-17-3-1-4-18(33)22(17)21(16(12-27)23(32)28)19-5-2-10-35-19/h2,5-10,21H,1,3-4,13,28H2,(H,29,34). The summed E-state index contributed by atoms with van der Waals surface area (Å²) < 4.78 is 6.11. The van der Waals surface area contributed by atoms with Crippen LogP contribution < -0.4 is 16.0 Å². The Morgan fingerprint density at radius 3 is 2.73 bits per heavy atom. The molecule has 1 atom stereocenters. The maximum atomic E-state index is 13.1. The second kappa shape index (κ2) is 10.3. The van der Waals surface area contributed by atoms with Gasteiger partial charge >= 0.3 is 0 Å². The van der Waals surface area contributed by atoms with Gasteiger partial charge in [0, 0.05) is 23.4 Å². The van der Waals surface area contributed by atoms with Crippen molar-refractivity contribution in [1.82, 2.24) is 10.2 Å². The monoisotopic (exact) mass is 529 g/mol. The summed E-state index contributed by atoms with van der Waals surface area (Å²) in [6.45, 7) is 0. The number of Topliss-reactive ketones (excluding diaryl/α,β-unsaturated/α-hetero) is 1. The summed E-state index contributed by atoms with van der Waals surface area (Å²) in [4.78, 5) is 27.1. The predicted molar refractivity (Wildman–Crippen MR) is 137 cm³/mol. The third-order valence-electron chi connectivity index (χ3n) is 5.95. The number of allylic oxidation sites excluding steroid dienone is 3. The first-order chi connectivity index (χ1) is 18.0. The van der Waals surface area contributed by atoms with Crippen LogP contribution >= 0.6 is 23.1 Å². The zero-order valence-corrected chi connectivity index (χ0v) is 20.9. The van der Waals surface area contributed by atoms with E-state index in [1.165, 1.54) is 29.4 Å². The van der Waals surface area contributed by atoms with E-state index in [4.69, 9.17) is 15.4 Å². The number of carbonyl (C=O) groups is 2. The van der Waals surface area contributed by atoms with Gasteiger partial charge in [-0.25, -0.2) is 0 Å². The molecule has 37 heavy (non-hydrogen) atoms. The number of amides is 1. The van der Waals surface area contributed by atoms with Crippen molar-refractivity contribution in [3.63, 3.8) is 0 Å². The van der Waals surface area contributed by atoms with Crippen molar-refractivity contribution in [2.24, 2.45) is 5.73 Å². The first kappa shape index (κ1) is 24.3. The molecule has 0 radical (unpaired) electrons. The van der Waals surface area contributed by atoms with E-state index in [0.29, 0.717) is 57.0 Å². The molecule has 10 nitrogen and oxygen atoms in total. The molecule has 1 aliphatic carbocycles. The average molecular weight is 530 g/mol. The lowest BCUT2D eigenvalue weighted by Crippen LogP contribution is -2.38. The number of furan rings is 1. The van der Waals surface area contributed by atoms with Gasteiger partial charge in [-0.3, -0.25) is 14.5 Å². The minimum atomic E-state index is -0.660. The van der Waals surface area contributed by atoms with Gasteiger partial charge in [0.05, 0.1) is 41.2 Å². The lowest BCUT2D eigenvalue weighted by atomic mass is 9.78. The molecule has 3 aromatic rings. The van der Waals surface area contributed by atoms with Crippen molar-refractivity contribution in [3.8, 4) is 12.1 Å². The Balaban J connectivity index is 1.37. The molecule has 3 N–H and O–H groups in total. The van der Waals surface area contributed by atoms with Gasteiger partial charge in [-0.1, -0.05) is 23.1 Å². The van der Waals surface area contributed by atoms with Gasteiger partial charge in [-0.15, -0.1) is 10.2 Å². The van der Waals surface area contributed by atoms with Gasteiger partial charge in [0.2, 0.25) is 11.0 Å². The number of benzene rings is 1. The summed E-state index contributed by atoms with van der Waals surface area (Å²) in [6, 6.07) is 14.2. The third-order valence-corrected chi connectivity index (χ3v) is 7.99. The molecule has 0 fully saturated rings. The lowest BCUT2D eigenvalue weighted by Gasteiger charge is -2.37. The Bertz CT molecular complexity index is 1510. The number of nitriles is 2. The highest BCUT2D eigenvalue weighted by atomic mass is 32.2. The molecule has 3 heterocycles. The van der Waals surface area contributed by atoms with Gasteiger partial charge in [0.15, 0.2) is 10.1 Å². The molecule has 1 aromatic carbocycles. The number of hydrogen-bond acceptors (Lipinski definition) is 11. The number of nitrogens with zero attached hydrogens (tertiary/aromatic N) is 5. The quantitative estimate of drug-likeness (QED) is 0.446. The van der Waals surface area contributed by atoms with E-state index < -0.39 is 5.92 Å². The van der Waals surface area contributed by atoms with Crippen molar-refractivity contribution in [2.45, 2.75) is 29.5 Å². The maximum absolute atomic E-state index is 13.1. The zero-order chi connectivity index (χ0) is 25.9. The second-order valence-electron chi connectivity index (χ2n) is 8.21. The molecule has 184 valence electrons. The number of ketones is 1. The molecule has 1 unspecified atom stereocenters. The SMILES string of the molecule is N#CC1=C(N)N(c2nnc(SCC(=O)Nc3ccc(C#N)cc3)s2)C2=C(C(=O)CCC2)C1c1ccco1. The molecule has 0 saturated carbocycles. The van der Waals surface area contributed by atoms with Crippen LogP contribution in [0.3, 0.4) is 0 Å². The normalized spacial score (nSPS) is 17.3. The van der Waals surface area contributed by atoms with Gasteiger partial charge in [-0.2, -0.15) is 10.5 Å². The number of thioether (sulfide) groups is 1. The van der Waals surface area contributed by atoms with E-state index in [2.05, 4.69) is 21.6 Å². The van der Waals surface area contributed by atoms with Crippen LogP contribution in [0, 0.1) is 22.7 Å². The number of nitrogens with one attached hydrogen (secondary N) is 1. The minimum Gasteiger partial charge on any atom is -0.468 e. The van der Waals surface area contributed by atoms with Gasteiger partial charge in [0.25, 0.3) is 0 Å². The molecular formula is C25H19N7O3S2. The van der Waals surface area contributed by atoms with Crippen molar-refractivity contribution in [3.05, 3.63) is 76.6 Å². The molecule has 2 aromatic heterocycles. The number of carbonyl (C=O) groups excluding carboxylic acids is 2. The zero-order valence-electron chi connectivity index (χ0n) is 19.3. The van der Waals surface area contributed by atoms with Gasteiger partial charge < -0.3 is 15.5 Å². The number of hydrogen-bond donors (Lipinski definition) is 2. The van der Waals surface area contributed by atoms with Gasteiger partial charge in [0.1, 0.15) is 11.6 Å². The minimum absolute atomic E-state index is 0.0495. The fourth-order valence-corrected chi connectivity index (χ4v) is 6.03. The number of rotatable bonds is 6. The molecular weight excluding hydrogens is 510 g/mol. The number of nitrogens with two attached hydrogens (primary N) is 1. The molecule has 0 spiro atoms. The van der Waals surface area contributed by atoms with Crippen LogP contribution in [-0.4, -0.2) is 27.6 Å². The van der Waals surface area contributed by atoms with Crippen molar-refractivity contribution in [2.75, 3.05) is 16.0 Å². The average Bonchev–Trinajstić information content (AvgIpc) is 3.60. The lowest BCUT2D eigenvalue weighted by molar-refractivity contribution is -0.116. The third kappa shape index (κ3) is 4.72. The van der Waals surface area contributed by atoms with E-state index in [0.717, 1.165) is 0 Å². The van der Waals surface area contributed by atoms with Crippen LogP contribution in [0.2, 0.25) is 0 Å². The van der Waals surface area contributed by atoms with Crippen LogP contribution in [0.15, 0.2) is 74.1 Å². The summed E-state index contributed by atoms with van der Waals surface area (Å²) in [7, 11) is 0. The molecule has 1 aliphatic heterocycles. The predicted octanol–water partition coefficient (Wildman–Crippen LogP) is 4.04. The summed E-state index contributed by atoms with van der Waals surface area (Å²) in [5, 5.41) is 30.5. The molecule has 12 heteroatoms. The molecule has 2 aliphatic rings. The first-order valence-corrected chi connectivity index (χ1v) is 13.1. The van der Waals surface area contributed by atoms with E-state index in [9.17, 15) is 14.9 Å². The molecule has 0 saturated heterocycles. The molecule has 5 rings (SSSR count). The van der Waals surface area contributed by atoms with Gasteiger partial charge in [-0.05, 0) is 49.2 Å². The summed E-state index contributed by atoms with van der Waals surface area (Å²) >= 11 is 2.43. The fraction of sp³-hybridized carbons (Fsp3) is 0.200. The van der Waals surface area contributed by atoms with Crippen LogP contribution in [0.25, 0.3) is 0 Å². The van der Waals surface area contributed by atoms with E-state index >= 15 is 0 Å². The van der Waals surface area contributed by atoms with Crippen LogP contribution in [0.4, 0.5) is 10.8 Å². The Kier molecular flexibility index (Phi) is 6.77. The Labute approximate surface area is 220 Å². The Morgan fingerprint density at radius 1 is 1.22 bits per heavy atom. The summed E-state index contributed by atoms with van der Waals surface area (Å²) in [5.41, 5.74) is 9.00. The molecule has 1 amide bonds. The Morgan fingerprint density at radius 2 is 2.03 bits per heavy atom. The summed E-state index contributed by atoms with van der Waals surface area (Å²) in [5.74, 6) is -0.179. The summed E-state index contributed by atoms with van der Waals surface area (Å²) in [6.07, 6.45) is 3.14. The van der Waals surface area contributed by atoms with Crippen molar-refractivity contribution in [1.29, 1.82) is 10.5 Å². The van der Waals surface area contributed by atoms with E-state index in [1.807, 2.05) is 6.07 Å². The smallest absolute Gasteiger partial charge is 0.234 e. The van der Waals surface area contributed by atoms with Crippen LogP contribution in [0.1, 0.15) is 36.5 Å². The van der Waals surface area contributed by atoms with E-state index in [-0.39, 0.29) is 28.8 Å². The Hall–Kier alpha value is -4.39. The van der Waals surface area contributed by atoms with E-state index in [1.54, 1.807) is 41.3 Å². The highest BCUT2D eigenvalue weighted by molar-refractivity contribution is 8.01. The van der Waals surface area contributed by atoms with Crippen LogP contribution in [0.5, 0.6) is 0 Å². The highest BCUT2D eigenvalue weighted by Gasteiger charge is 2.42. The molecule has 0 bridgehead atoms.